The fraction of sp³-hybridized carbons (Fsp3) is 0.250. The number of piperazine rings is 1. The Balaban J connectivity index is 1.77. The summed E-state index contributed by atoms with van der Waals surface area (Å²) in [6.07, 6.45) is 1.96. The maximum atomic E-state index is 13.1. The van der Waals surface area contributed by atoms with Gasteiger partial charge in [-0.15, -0.1) is 0 Å². The minimum absolute atomic E-state index is 0.110. The number of rotatable bonds is 2. The van der Waals surface area contributed by atoms with Crippen LogP contribution in [0.25, 0.3) is 16.6 Å². The molecule has 3 aromatic rings. The molecule has 0 saturated carbocycles. The van der Waals surface area contributed by atoms with Gasteiger partial charge in [0.05, 0.1) is 11.1 Å². The molecular weight excluding hydrogens is 312 g/mol. The molecule has 2 aromatic carbocycles. The molecule has 5 nitrogen and oxygen atoms in total. The first-order valence-corrected chi connectivity index (χ1v) is 8.57. The number of benzene rings is 2. The normalized spacial score (nSPS) is 15.6. The van der Waals surface area contributed by atoms with Gasteiger partial charge in [-0.1, -0.05) is 18.2 Å². The molecule has 128 valence electrons. The maximum Gasteiger partial charge on any atom is 0.256 e. The van der Waals surface area contributed by atoms with E-state index in [0.717, 1.165) is 54.0 Å². The van der Waals surface area contributed by atoms with E-state index in [-0.39, 0.29) is 5.91 Å². The van der Waals surface area contributed by atoms with E-state index in [4.69, 9.17) is 5.73 Å². The topological polar surface area (TPSA) is 54.5 Å². The second-order valence-electron chi connectivity index (χ2n) is 6.62. The van der Waals surface area contributed by atoms with E-state index < -0.39 is 0 Å². The standard InChI is InChI=1S/C20H22N4O/c1-22-10-12-23(13-11-22)20(25)18-14-24(16-8-6-15(21)7-9-16)19-5-3-2-4-17(18)19/h2-9,14H,10-13,21H2,1H3. The summed E-state index contributed by atoms with van der Waals surface area (Å²) in [6, 6.07) is 15.8. The molecule has 2 heterocycles. The van der Waals surface area contributed by atoms with Crippen LogP contribution in [0.4, 0.5) is 5.69 Å². The third-order valence-electron chi connectivity index (χ3n) is 4.90. The van der Waals surface area contributed by atoms with E-state index in [1.807, 2.05) is 59.6 Å². The summed E-state index contributed by atoms with van der Waals surface area (Å²) in [4.78, 5) is 17.3. The molecule has 0 atom stereocenters. The minimum Gasteiger partial charge on any atom is -0.399 e. The highest BCUT2D eigenvalue weighted by Crippen LogP contribution is 2.26. The number of nitrogens with two attached hydrogens (primary N) is 1. The number of nitrogen functional groups attached to an aromatic ring is 1. The molecule has 0 unspecified atom stereocenters. The van der Waals surface area contributed by atoms with Gasteiger partial charge in [-0.25, -0.2) is 0 Å². The molecule has 0 spiro atoms. The average Bonchev–Trinajstić information content (AvgIpc) is 3.02. The van der Waals surface area contributed by atoms with Gasteiger partial charge in [0.15, 0.2) is 0 Å². The fourth-order valence-electron chi connectivity index (χ4n) is 3.38. The fourth-order valence-corrected chi connectivity index (χ4v) is 3.38. The highest BCUT2D eigenvalue weighted by Gasteiger charge is 2.23. The number of hydrogen-bond donors (Lipinski definition) is 1. The Morgan fingerprint density at radius 3 is 2.36 bits per heavy atom. The van der Waals surface area contributed by atoms with E-state index in [0.29, 0.717) is 0 Å². The van der Waals surface area contributed by atoms with Crippen LogP contribution in [-0.4, -0.2) is 53.5 Å². The van der Waals surface area contributed by atoms with Gasteiger partial charge >= 0.3 is 0 Å². The number of carbonyl (C=O) groups excluding carboxylic acids is 1. The molecule has 1 saturated heterocycles. The maximum absolute atomic E-state index is 13.1. The van der Waals surface area contributed by atoms with Gasteiger partial charge in [-0.05, 0) is 37.4 Å². The molecule has 1 aliphatic rings. The van der Waals surface area contributed by atoms with Gasteiger partial charge in [0.2, 0.25) is 0 Å². The second kappa shape index (κ2) is 6.26. The molecule has 5 heteroatoms. The van der Waals surface area contributed by atoms with Crippen LogP contribution in [0.1, 0.15) is 10.4 Å². The number of nitrogens with zero attached hydrogens (tertiary/aromatic N) is 3. The van der Waals surface area contributed by atoms with E-state index >= 15 is 0 Å². The molecule has 0 aliphatic carbocycles. The summed E-state index contributed by atoms with van der Waals surface area (Å²) in [5.41, 5.74) is 9.33. The van der Waals surface area contributed by atoms with Crippen molar-refractivity contribution in [2.45, 2.75) is 0 Å². The second-order valence-corrected chi connectivity index (χ2v) is 6.62. The summed E-state index contributed by atoms with van der Waals surface area (Å²) in [5.74, 6) is 0.110. The van der Waals surface area contributed by atoms with Crippen molar-refractivity contribution in [1.82, 2.24) is 14.4 Å². The Morgan fingerprint density at radius 2 is 1.64 bits per heavy atom. The predicted molar refractivity (Wildman–Crippen MR) is 101 cm³/mol. The molecule has 1 aromatic heterocycles. The first kappa shape index (κ1) is 15.7. The van der Waals surface area contributed by atoms with Crippen molar-refractivity contribution >= 4 is 22.5 Å². The average molecular weight is 334 g/mol. The third-order valence-corrected chi connectivity index (χ3v) is 4.90. The van der Waals surface area contributed by atoms with Crippen LogP contribution in [0.5, 0.6) is 0 Å². The van der Waals surface area contributed by atoms with Gasteiger partial charge < -0.3 is 20.1 Å². The van der Waals surface area contributed by atoms with Crippen molar-refractivity contribution in [3.63, 3.8) is 0 Å². The van der Waals surface area contributed by atoms with Crippen LogP contribution in [0.2, 0.25) is 0 Å². The summed E-state index contributed by atoms with van der Waals surface area (Å²) in [6.45, 7) is 3.39. The van der Waals surface area contributed by atoms with E-state index in [1.54, 1.807) is 0 Å². The molecule has 25 heavy (non-hydrogen) atoms. The molecule has 1 aliphatic heterocycles. The number of aromatic nitrogens is 1. The van der Waals surface area contributed by atoms with Gasteiger partial charge in [-0.3, -0.25) is 4.79 Å². The lowest BCUT2D eigenvalue weighted by Gasteiger charge is -2.32. The van der Waals surface area contributed by atoms with Gasteiger partial charge in [0, 0.05) is 49.1 Å². The molecular formula is C20H22N4O. The zero-order valence-electron chi connectivity index (χ0n) is 14.4. The SMILES string of the molecule is CN1CCN(C(=O)c2cn(-c3ccc(N)cc3)c3ccccc23)CC1. The van der Waals surface area contributed by atoms with E-state index in [1.165, 1.54) is 0 Å². The zero-order chi connectivity index (χ0) is 17.4. The Hall–Kier alpha value is -2.79. The molecule has 1 fully saturated rings. The van der Waals surface area contributed by atoms with Crippen molar-refractivity contribution in [2.75, 3.05) is 39.0 Å². The smallest absolute Gasteiger partial charge is 0.256 e. The van der Waals surface area contributed by atoms with Crippen LogP contribution >= 0.6 is 0 Å². The summed E-state index contributed by atoms with van der Waals surface area (Å²) in [7, 11) is 2.09. The van der Waals surface area contributed by atoms with Crippen molar-refractivity contribution in [1.29, 1.82) is 0 Å². The summed E-state index contributed by atoms with van der Waals surface area (Å²) < 4.78 is 2.07. The Labute approximate surface area is 147 Å². The van der Waals surface area contributed by atoms with Crippen LogP contribution in [0, 0.1) is 0 Å². The van der Waals surface area contributed by atoms with Gasteiger partial charge in [-0.2, -0.15) is 0 Å². The highest BCUT2D eigenvalue weighted by molar-refractivity contribution is 6.07. The minimum atomic E-state index is 0.110. The summed E-state index contributed by atoms with van der Waals surface area (Å²) in [5, 5.41) is 0.989. The van der Waals surface area contributed by atoms with Crippen molar-refractivity contribution in [3.05, 3.63) is 60.3 Å². The lowest BCUT2D eigenvalue weighted by atomic mass is 10.1. The van der Waals surface area contributed by atoms with Crippen molar-refractivity contribution < 1.29 is 4.79 Å². The van der Waals surface area contributed by atoms with Crippen molar-refractivity contribution in [3.8, 4) is 5.69 Å². The lowest BCUT2D eigenvalue weighted by Crippen LogP contribution is -2.47. The Morgan fingerprint density at radius 1 is 0.960 bits per heavy atom. The Bertz CT molecular complexity index is 905. The number of para-hydroxylation sites is 1. The number of anilines is 1. The van der Waals surface area contributed by atoms with Gasteiger partial charge in [0.25, 0.3) is 5.91 Å². The van der Waals surface area contributed by atoms with Crippen LogP contribution < -0.4 is 5.73 Å². The number of amides is 1. The number of carbonyl (C=O) groups is 1. The molecule has 1 amide bonds. The van der Waals surface area contributed by atoms with Crippen LogP contribution in [-0.2, 0) is 0 Å². The summed E-state index contributed by atoms with van der Waals surface area (Å²) >= 11 is 0. The van der Waals surface area contributed by atoms with E-state index in [9.17, 15) is 4.79 Å². The molecule has 0 bridgehead atoms. The van der Waals surface area contributed by atoms with Crippen LogP contribution in [0.3, 0.4) is 0 Å². The lowest BCUT2D eigenvalue weighted by molar-refractivity contribution is 0.0666. The quantitative estimate of drug-likeness (QED) is 0.733. The number of hydrogen-bond acceptors (Lipinski definition) is 3. The van der Waals surface area contributed by atoms with Crippen LogP contribution in [0.15, 0.2) is 54.7 Å². The molecule has 0 radical (unpaired) electrons. The largest absolute Gasteiger partial charge is 0.399 e. The third kappa shape index (κ3) is 2.87. The number of fused-ring (bicyclic) bond motifs is 1. The first-order chi connectivity index (χ1) is 12.1. The number of likely N-dealkylation sites (N-methyl/N-ethyl adjacent to an activating group) is 1. The van der Waals surface area contributed by atoms with E-state index in [2.05, 4.69) is 16.5 Å². The van der Waals surface area contributed by atoms with Crippen molar-refractivity contribution in [2.24, 2.45) is 0 Å². The Kier molecular flexibility index (Phi) is 3.93. The van der Waals surface area contributed by atoms with Gasteiger partial charge in [0.1, 0.15) is 0 Å². The zero-order valence-corrected chi connectivity index (χ0v) is 14.4. The highest BCUT2D eigenvalue weighted by atomic mass is 16.2. The first-order valence-electron chi connectivity index (χ1n) is 8.57. The monoisotopic (exact) mass is 334 g/mol. The molecule has 4 rings (SSSR count). The predicted octanol–water partition coefficient (Wildman–Crippen LogP) is 2.60. The molecule has 2 N–H and O–H groups in total.